The van der Waals surface area contributed by atoms with Gasteiger partial charge in [-0.1, -0.05) is 20.8 Å². The normalized spacial score (nSPS) is 22.0. The molecule has 1 heterocycles. The van der Waals surface area contributed by atoms with Gasteiger partial charge in [-0.25, -0.2) is 0 Å². The van der Waals surface area contributed by atoms with Crippen LogP contribution in [0, 0.1) is 5.41 Å². The average molecular weight is 296 g/mol. The van der Waals surface area contributed by atoms with E-state index in [0.29, 0.717) is 25.7 Å². The minimum absolute atomic E-state index is 0.0181. The summed E-state index contributed by atoms with van der Waals surface area (Å²) in [5, 5.41) is 2.99. The summed E-state index contributed by atoms with van der Waals surface area (Å²) >= 11 is 0. The highest BCUT2D eigenvalue weighted by molar-refractivity contribution is 5.82. The van der Waals surface area contributed by atoms with E-state index in [2.05, 4.69) is 10.2 Å². The van der Waals surface area contributed by atoms with Crippen molar-refractivity contribution in [2.75, 3.05) is 32.7 Å². The Morgan fingerprint density at radius 3 is 2.24 bits per heavy atom. The van der Waals surface area contributed by atoms with E-state index in [4.69, 9.17) is 5.73 Å². The zero-order chi connectivity index (χ0) is 15.6. The zero-order valence-corrected chi connectivity index (χ0v) is 13.4. The molecule has 1 aliphatic carbocycles. The molecule has 1 saturated carbocycles. The summed E-state index contributed by atoms with van der Waals surface area (Å²) in [6.07, 6.45) is 2.22. The zero-order valence-electron chi connectivity index (χ0n) is 13.4. The Hall–Kier alpha value is -1.14. The van der Waals surface area contributed by atoms with Gasteiger partial charge in [0.2, 0.25) is 11.8 Å². The van der Waals surface area contributed by atoms with Crippen LogP contribution in [-0.2, 0) is 9.59 Å². The largest absolute Gasteiger partial charge is 0.352 e. The molecule has 6 nitrogen and oxygen atoms in total. The number of amides is 2. The van der Waals surface area contributed by atoms with Gasteiger partial charge < -0.3 is 16.0 Å². The first-order valence-corrected chi connectivity index (χ1v) is 7.83. The number of nitrogens with one attached hydrogen (secondary N) is 1. The topological polar surface area (TPSA) is 78.7 Å². The van der Waals surface area contributed by atoms with Crippen molar-refractivity contribution in [3.05, 3.63) is 0 Å². The van der Waals surface area contributed by atoms with Gasteiger partial charge in [0, 0.05) is 32.2 Å². The van der Waals surface area contributed by atoms with Gasteiger partial charge in [0.25, 0.3) is 0 Å². The van der Waals surface area contributed by atoms with Crippen LogP contribution in [-0.4, -0.2) is 66.4 Å². The number of nitrogens with two attached hydrogens (primary N) is 1. The quantitative estimate of drug-likeness (QED) is 0.752. The molecule has 0 bridgehead atoms. The van der Waals surface area contributed by atoms with Crippen LogP contribution in [0.3, 0.4) is 0 Å². The molecule has 2 aliphatic rings. The summed E-state index contributed by atoms with van der Waals surface area (Å²) < 4.78 is 0. The number of hydrogen-bond donors (Lipinski definition) is 2. The summed E-state index contributed by atoms with van der Waals surface area (Å²) in [4.78, 5) is 28.0. The molecule has 0 radical (unpaired) electrons. The van der Waals surface area contributed by atoms with E-state index in [1.165, 1.54) is 0 Å². The van der Waals surface area contributed by atoms with Crippen LogP contribution in [0.25, 0.3) is 0 Å². The molecule has 3 N–H and O–H groups in total. The highest BCUT2D eigenvalue weighted by Crippen LogP contribution is 2.20. The van der Waals surface area contributed by atoms with E-state index in [-0.39, 0.29) is 17.2 Å². The Bertz CT molecular complexity index is 393. The van der Waals surface area contributed by atoms with Gasteiger partial charge >= 0.3 is 0 Å². The van der Waals surface area contributed by atoms with Crippen LogP contribution >= 0.6 is 0 Å². The molecule has 21 heavy (non-hydrogen) atoms. The van der Waals surface area contributed by atoms with Crippen LogP contribution in [0.1, 0.15) is 33.6 Å². The molecule has 0 aromatic heterocycles. The number of carbonyl (C=O) groups is 2. The Morgan fingerprint density at radius 2 is 1.76 bits per heavy atom. The lowest BCUT2D eigenvalue weighted by Gasteiger charge is -2.37. The molecule has 0 unspecified atom stereocenters. The molecular weight excluding hydrogens is 268 g/mol. The highest BCUT2D eigenvalue weighted by Gasteiger charge is 2.33. The summed E-state index contributed by atoms with van der Waals surface area (Å²) in [6, 6.07) is -0.0626. The van der Waals surface area contributed by atoms with E-state index >= 15 is 0 Å². The van der Waals surface area contributed by atoms with E-state index in [1.54, 1.807) is 0 Å². The molecular formula is C15H28N4O2. The second kappa shape index (κ2) is 6.32. The summed E-state index contributed by atoms with van der Waals surface area (Å²) in [6.45, 7) is 9.15. The standard InChI is InChI=1S/C15H28N4O2/c1-15(2,3)13(16)14(21)19-8-6-18(7-9-19)10-12(20)17-11-4-5-11/h11,13H,4-10,16H2,1-3H3,(H,17,20)/t13-/m1/s1. The number of rotatable bonds is 4. The van der Waals surface area contributed by atoms with Gasteiger partial charge in [-0.05, 0) is 18.3 Å². The van der Waals surface area contributed by atoms with Crippen LogP contribution < -0.4 is 11.1 Å². The SMILES string of the molecule is CC(C)(C)[C@H](N)C(=O)N1CCN(CC(=O)NC2CC2)CC1. The Kier molecular flexibility index (Phi) is 4.88. The third-order valence-electron chi connectivity index (χ3n) is 4.19. The monoisotopic (exact) mass is 296 g/mol. The van der Waals surface area contributed by atoms with Gasteiger partial charge in [0.05, 0.1) is 12.6 Å². The van der Waals surface area contributed by atoms with Crippen molar-refractivity contribution < 1.29 is 9.59 Å². The summed E-state index contributed by atoms with van der Waals surface area (Å²) in [7, 11) is 0. The third-order valence-corrected chi connectivity index (χ3v) is 4.19. The van der Waals surface area contributed by atoms with Crippen molar-refractivity contribution in [3.63, 3.8) is 0 Å². The van der Waals surface area contributed by atoms with E-state index in [1.807, 2.05) is 25.7 Å². The maximum absolute atomic E-state index is 12.3. The van der Waals surface area contributed by atoms with Gasteiger partial charge in [-0.15, -0.1) is 0 Å². The van der Waals surface area contributed by atoms with Crippen molar-refractivity contribution in [3.8, 4) is 0 Å². The summed E-state index contributed by atoms with van der Waals surface area (Å²) in [5.74, 6) is 0.119. The molecule has 0 aromatic rings. The average Bonchev–Trinajstić information content (AvgIpc) is 3.20. The minimum atomic E-state index is -0.470. The van der Waals surface area contributed by atoms with Crippen LogP contribution in [0.5, 0.6) is 0 Å². The predicted octanol–water partition coefficient (Wildman–Crippen LogP) is -0.217. The minimum Gasteiger partial charge on any atom is -0.352 e. The van der Waals surface area contributed by atoms with Crippen molar-refractivity contribution in [1.29, 1.82) is 0 Å². The first-order valence-electron chi connectivity index (χ1n) is 7.83. The van der Waals surface area contributed by atoms with E-state index in [0.717, 1.165) is 25.9 Å². The lowest BCUT2D eigenvalue weighted by Crippen LogP contribution is -2.57. The Morgan fingerprint density at radius 1 is 1.19 bits per heavy atom. The molecule has 2 rings (SSSR count). The van der Waals surface area contributed by atoms with E-state index in [9.17, 15) is 9.59 Å². The first-order chi connectivity index (χ1) is 9.77. The van der Waals surface area contributed by atoms with Crippen molar-refractivity contribution in [2.45, 2.75) is 45.7 Å². The van der Waals surface area contributed by atoms with Crippen molar-refractivity contribution >= 4 is 11.8 Å². The number of hydrogen-bond acceptors (Lipinski definition) is 4. The van der Waals surface area contributed by atoms with Gasteiger partial charge in [-0.2, -0.15) is 0 Å². The highest BCUT2D eigenvalue weighted by atomic mass is 16.2. The molecule has 1 saturated heterocycles. The molecule has 0 aromatic carbocycles. The maximum atomic E-state index is 12.3. The molecule has 1 atom stereocenters. The van der Waals surface area contributed by atoms with Gasteiger partial charge in [-0.3, -0.25) is 14.5 Å². The molecule has 120 valence electrons. The Labute approximate surface area is 127 Å². The molecule has 2 amide bonds. The second-order valence-electron chi connectivity index (χ2n) is 7.29. The van der Waals surface area contributed by atoms with Crippen molar-refractivity contribution in [1.82, 2.24) is 15.1 Å². The number of carbonyl (C=O) groups excluding carboxylic acids is 2. The molecule has 0 spiro atoms. The fourth-order valence-electron chi connectivity index (χ4n) is 2.40. The molecule has 6 heteroatoms. The predicted molar refractivity (Wildman–Crippen MR) is 81.6 cm³/mol. The number of nitrogens with zero attached hydrogens (tertiary/aromatic N) is 2. The molecule has 1 aliphatic heterocycles. The van der Waals surface area contributed by atoms with Crippen LogP contribution in [0.2, 0.25) is 0 Å². The Balaban J connectivity index is 1.74. The lowest BCUT2D eigenvalue weighted by atomic mass is 9.86. The van der Waals surface area contributed by atoms with Gasteiger partial charge in [0.15, 0.2) is 0 Å². The second-order valence-corrected chi connectivity index (χ2v) is 7.29. The molecule has 2 fully saturated rings. The lowest BCUT2D eigenvalue weighted by molar-refractivity contribution is -0.136. The fourth-order valence-corrected chi connectivity index (χ4v) is 2.40. The summed E-state index contributed by atoms with van der Waals surface area (Å²) in [5.41, 5.74) is 5.81. The smallest absolute Gasteiger partial charge is 0.240 e. The van der Waals surface area contributed by atoms with Gasteiger partial charge in [0.1, 0.15) is 0 Å². The fraction of sp³-hybridized carbons (Fsp3) is 0.867. The van der Waals surface area contributed by atoms with E-state index < -0.39 is 6.04 Å². The van der Waals surface area contributed by atoms with Crippen molar-refractivity contribution in [2.24, 2.45) is 11.1 Å². The number of piperazine rings is 1. The van der Waals surface area contributed by atoms with Crippen LogP contribution in [0.15, 0.2) is 0 Å². The van der Waals surface area contributed by atoms with Crippen LogP contribution in [0.4, 0.5) is 0 Å². The third kappa shape index (κ3) is 4.68. The first kappa shape index (κ1) is 16.2. The maximum Gasteiger partial charge on any atom is 0.240 e.